The number of aromatic carboxylic acids is 1. The average Bonchev–Trinajstić information content (AvgIpc) is 2.75. The Morgan fingerprint density at radius 1 is 1.30 bits per heavy atom. The first-order chi connectivity index (χ1) is 9.29. The van der Waals surface area contributed by atoms with Crippen molar-refractivity contribution in [1.82, 2.24) is 0 Å². The van der Waals surface area contributed by atoms with Crippen LogP contribution in [0.3, 0.4) is 0 Å². The van der Waals surface area contributed by atoms with Gasteiger partial charge < -0.3 is 5.11 Å². The predicted octanol–water partition coefficient (Wildman–Crippen LogP) is 2.69. The molecule has 0 aliphatic carbocycles. The van der Waals surface area contributed by atoms with Crippen molar-refractivity contribution in [2.45, 2.75) is 11.1 Å². The second kappa shape index (κ2) is 5.22. The van der Waals surface area contributed by atoms with Gasteiger partial charge in [-0.1, -0.05) is 0 Å². The number of halogens is 1. The largest absolute Gasteiger partial charge is 0.478 e. The number of carboxylic acid groups (broad SMARTS) is 1. The van der Waals surface area contributed by atoms with Crippen molar-refractivity contribution in [1.29, 1.82) is 0 Å². The lowest BCUT2D eigenvalue weighted by Gasteiger charge is -2.07. The zero-order valence-corrected chi connectivity index (χ0v) is 11.9. The van der Waals surface area contributed by atoms with Crippen LogP contribution in [-0.4, -0.2) is 19.5 Å². The van der Waals surface area contributed by atoms with E-state index >= 15 is 0 Å². The molecule has 2 rings (SSSR count). The van der Waals surface area contributed by atoms with Gasteiger partial charge in [-0.25, -0.2) is 17.6 Å². The van der Waals surface area contributed by atoms with Crippen molar-refractivity contribution in [2.24, 2.45) is 0 Å². The van der Waals surface area contributed by atoms with E-state index < -0.39 is 27.4 Å². The highest BCUT2D eigenvalue weighted by Gasteiger charge is 2.18. The van der Waals surface area contributed by atoms with E-state index in [4.69, 9.17) is 5.11 Å². The van der Waals surface area contributed by atoms with Gasteiger partial charge >= 0.3 is 5.97 Å². The fourth-order valence-electron chi connectivity index (χ4n) is 1.51. The number of thiophene rings is 1. The summed E-state index contributed by atoms with van der Waals surface area (Å²) in [6.07, 6.45) is 0. The summed E-state index contributed by atoms with van der Waals surface area (Å²) < 4.78 is 39.8. The Morgan fingerprint density at radius 3 is 2.50 bits per heavy atom. The lowest BCUT2D eigenvalue weighted by atomic mass is 10.2. The van der Waals surface area contributed by atoms with Crippen LogP contribution in [0, 0.1) is 12.7 Å². The summed E-state index contributed by atoms with van der Waals surface area (Å²) in [4.78, 5) is 11.5. The van der Waals surface area contributed by atoms with Gasteiger partial charge in [0.1, 0.15) is 10.0 Å². The van der Waals surface area contributed by atoms with Crippen LogP contribution in [0.5, 0.6) is 0 Å². The van der Waals surface area contributed by atoms with Crippen LogP contribution in [-0.2, 0) is 10.0 Å². The highest BCUT2D eigenvalue weighted by atomic mass is 32.2. The van der Waals surface area contributed by atoms with Gasteiger partial charge in [0.2, 0.25) is 0 Å². The van der Waals surface area contributed by atoms with Crippen LogP contribution in [0.2, 0.25) is 0 Å². The predicted molar refractivity (Wildman–Crippen MR) is 73.2 cm³/mol. The van der Waals surface area contributed by atoms with Crippen LogP contribution < -0.4 is 4.72 Å². The Kier molecular flexibility index (Phi) is 3.78. The fourth-order valence-corrected chi connectivity index (χ4v) is 3.85. The molecule has 20 heavy (non-hydrogen) atoms. The molecule has 0 radical (unpaired) electrons. The average molecular weight is 315 g/mol. The molecule has 0 amide bonds. The lowest BCUT2D eigenvalue weighted by molar-refractivity contribution is 0.0692. The molecule has 0 aliphatic rings. The molecule has 0 atom stereocenters. The first-order valence-corrected chi connectivity index (χ1v) is 7.71. The number of anilines is 1. The van der Waals surface area contributed by atoms with Crippen LogP contribution >= 0.6 is 11.3 Å². The smallest absolute Gasteiger partial charge is 0.338 e. The van der Waals surface area contributed by atoms with E-state index in [1.54, 1.807) is 13.0 Å². The van der Waals surface area contributed by atoms with Crippen molar-refractivity contribution in [3.8, 4) is 0 Å². The number of rotatable bonds is 4. The molecular formula is C12H10FNO4S2. The number of aryl methyl sites for hydroxylation is 1. The zero-order valence-electron chi connectivity index (χ0n) is 10.3. The molecule has 0 aliphatic heterocycles. The van der Waals surface area contributed by atoms with Gasteiger partial charge in [0.05, 0.1) is 11.3 Å². The maximum absolute atomic E-state index is 13.5. The Labute approximate surface area is 118 Å². The lowest BCUT2D eigenvalue weighted by Crippen LogP contribution is -2.12. The zero-order chi connectivity index (χ0) is 14.9. The molecule has 106 valence electrons. The van der Waals surface area contributed by atoms with E-state index in [1.807, 2.05) is 0 Å². The summed E-state index contributed by atoms with van der Waals surface area (Å²) in [7, 11) is -3.79. The molecule has 2 aromatic rings. The maximum Gasteiger partial charge on any atom is 0.338 e. The molecule has 0 spiro atoms. The Balaban J connectivity index is 2.30. The molecule has 8 heteroatoms. The van der Waals surface area contributed by atoms with Crippen molar-refractivity contribution in [3.05, 3.63) is 46.6 Å². The topological polar surface area (TPSA) is 83.5 Å². The molecule has 0 bridgehead atoms. The molecule has 1 heterocycles. The summed E-state index contributed by atoms with van der Waals surface area (Å²) in [6.45, 7) is 1.77. The van der Waals surface area contributed by atoms with Gasteiger partial charge in [0, 0.05) is 4.88 Å². The molecule has 0 fully saturated rings. The van der Waals surface area contributed by atoms with Crippen LogP contribution in [0.25, 0.3) is 0 Å². The number of carboxylic acids is 1. The minimum absolute atomic E-state index is 0.0291. The van der Waals surface area contributed by atoms with E-state index in [-0.39, 0.29) is 9.90 Å². The molecule has 1 aromatic carbocycles. The third-order valence-corrected chi connectivity index (χ3v) is 5.31. The van der Waals surface area contributed by atoms with Crippen molar-refractivity contribution in [2.75, 3.05) is 4.72 Å². The molecule has 0 saturated heterocycles. The number of carbonyl (C=O) groups is 1. The molecule has 0 saturated carbocycles. The summed E-state index contributed by atoms with van der Waals surface area (Å²) in [6, 6.07) is 6.15. The molecule has 1 aromatic heterocycles. The Hall–Kier alpha value is -1.93. The first kappa shape index (κ1) is 14.5. The molecule has 5 nitrogen and oxygen atoms in total. The summed E-state index contributed by atoms with van der Waals surface area (Å²) in [5.74, 6) is -2.41. The van der Waals surface area contributed by atoms with E-state index in [9.17, 15) is 17.6 Å². The summed E-state index contributed by atoms with van der Waals surface area (Å²) in [5.41, 5.74) is -0.543. The highest BCUT2D eigenvalue weighted by Crippen LogP contribution is 2.24. The number of nitrogens with one attached hydrogen (secondary N) is 1. The van der Waals surface area contributed by atoms with E-state index in [1.165, 1.54) is 12.1 Å². The molecular weight excluding hydrogens is 305 g/mol. The quantitative estimate of drug-likeness (QED) is 0.908. The van der Waals surface area contributed by atoms with Gasteiger partial charge in [0.25, 0.3) is 10.0 Å². The number of benzene rings is 1. The maximum atomic E-state index is 13.5. The third-order valence-electron chi connectivity index (χ3n) is 2.43. The van der Waals surface area contributed by atoms with E-state index in [0.717, 1.165) is 28.3 Å². The van der Waals surface area contributed by atoms with Gasteiger partial charge in [-0.15, -0.1) is 11.3 Å². The number of sulfonamides is 1. The number of hydrogen-bond acceptors (Lipinski definition) is 4. The number of hydrogen-bond donors (Lipinski definition) is 2. The monoisotopic (exact) mass is 315 g/mol. The van der Waals surface area contributed by atoms with E-state index in [0.29, 0.717) is 0 Å². The Morgan fingerprint density at radius 2 is 2.00 bits per heavy atom. The van der Waals surface area contributed by atoms with Crippen LogP contribution in [0.15, 0.2) is 34.5 Å². The highest BCUT2D eigenvalue weighted by molar-refractivity contribution is 7.94. The van der Waals surface area contributed by atoms with Gasteiger partial charge in [-0.2, -0.15) is 0 Å². The Bertz CT molecular complexity index is 768. The molecule has 0 unspecified atom stereocenters. The second-order valence-corrected chi connectivity index (χ2v) is 7.17. The first-order valence-electron chi connectivity index (χ1n) is 5.42. The van der Waals surface area contributed by atoms with Crippen molar-refractivity contribution in [3.63, 3.8) is 0 Å². The van der Waals surface area contributed by atoms with Crippen LogP contribution in [0.4, 0.5) is 10.1 Å². The minimum Gasteiger partial charge on any atom is -0.478 e. The van der Waals surface area contributed by atoms with E-state index in [2.05, 4.69) is 4.72 Å². The van der Waals surface area contributed by atoms with Crippen LogP contribution in [0.1, 0.15) is 15.2 Å². The summed E-state index contributed by atoms with van der Waals surface area (Å²) >= 11 is 1.09. The SMILES string of the molecule is Cc1ccc(S(=O)(=O)Nc2ccc(C(=O)O)c(F)c2)s1. The third kappa shape index (κ3) is 2.97. The normalized spacial score (nSPS) is 11.3. The minimum atomic E-state index is -3.79. The second-order valence-electron chi connectivity index (χ2n) is 3.97. The van der Waals surface area contributed by atoms with Crippen molar-refractivity contribution >= 4 is 33.0 Å². The standard InChI is InChI=1S/C12H10FNO4S2/c1-7-2-5-11(19-7)20(17,18)14-8-3-4-9(12(15)16)10(13)6-8/h2-6,14H,1H3,(H,15,16). The van der Waals surface area contributed by atoms with Gasteiger partial charge in [-0.05, 0) is 37.3 Å². The van der Waals surface area contributed by atoms with Gasteiger partial charge in [-0.3, -0.25) is 4.72 Å². The van der Waals surface area contributed by atoms with Gasteiger partial charge in [0.15, 0.2) is 0 Å². The fraction of sp³-hybridized carbons (Fsp3) is 0.0833. The molecule has 2 N–H and O–H groups in total. The summed E-state index contributed by atoms with van der Waals surface area (Å²) in [5, 5.41) is 8.69. The van der Waals surface area contributed by atoms with Crippen molar-refractivity contribution < 1.29 is 22.7 Å².